The predicted molar refractivity (Wildman–Crippen MR) is 106 cm³/mol. The number of rotatable bonds is 5. The third-order valence-electron chi connectivity index (χ3n) is 3.47. The molecule has 1 N–H and O–H groups in total. The largest absolute Gasteiger partial charge is 0.573 e. The minimum Gasteiger partial charge on any atom is -0.471 e. The lowest BCUT2D eigenvalue weighted by Crippen LogP contribution is -2.16. The maximum atomic E-state index is 11.5. The molecule has 0 amide bonds. The van der Waals surface area contributed by atoms with Crippen LogP contribution in [0.4, 0.5) is 13.2 Å². The quantitative estimate of drug-likeness (QED) is 0.309. The van der Waals surface area contributed by atoms with Crippen molar-refractivity contribution in [2.24, 2.45) is 0 Å². The number of para-hydroxylation sites is 1. The van der Waals surface area contributed by atoms with Gasteiger partial charge in [0.15, 0.2) is 11.5 Å². The lowest BCUT2D eigenvalue weighted by molar-refractivity contribution is -0.274. The second-order valence-electron chi connectivity index (χ2n) is 6.13. The normalized spacial score (nSPS) is 11.5. The minimum absolute atomic E-state index is 0.149. The molecule has 160 valence electrons. The molecule has 30 heavy (non-hydrogen) atoms. The smallest absolute Gasteiger partial charge is 0.471 e. The lowest BCUT2D eigenvalue weighted by Gasteiger charge is -2.07. The number of alkyl halides is 3. The molecule has 0 unspecified atom stereocenters. The maximum absolute atomic E-state index is 11.5. The lowest BCUT2D eigenvalue weighted by atomic mass is 10.2. The molecule has 2 aromatic carbocycles. The number of hydrogen-bond acceptors (Lipinski definition) is 6. The Kier molecular flexibility index (Phi) is 7.85. The molecule has 0 aliphatic rings. The SMILES string of the molecule is CC(=N)O/C(C)=C/COc1noc2ccc(C)cc12.FC(F)(F)Oc1ccccc1. The van der Waals surface area contributed by atoms with Gasteiger partial charge in [0, 0.05) is 6.92 Å². The van der Waals surface area contributed by atoms with Crippen molar-refractivity contribution in [2.75, 3.05) is 6.61 Å². The zero-order valence-corrected chi connectivity index (χ0v) is 16.6. The number of nitrogens with zero attached hydrogens (tertiary/aromatic N) is 1. The Bertz CT molecular complexity index is 998. The summed E-state index contributed by atoms with van der Waals surface area (Å²) in [5, 5.41) is 11.9. The van der Waals surface area contributed by atoms with Crippen molar-refractivity contribution in [3.8, 4) is 11.6 Å². The summed E-state index contributed by atoms with van der Waals surface area (Å²) in [6.45, 7) is 5.66. The van der Waals surface area contributed by atoms with E-state index in [0.29, 0.717) is 23.8 Å². The Morgan fingerprint density at radius 2 is 1.83 bits per heavy atom. The number of fused-ring (bicyclic) bond motifs is 1. The Balaban J connectivity index is 0.000000248. The highest BCUT2D eigenvalue weighted by Crippen LogP contribution is 2.25. The molecular weight excluding hydrogens is 401 g/mol. The van der Waals surface area contributed by atoms with E-state index in [2.05, 4.69) is 9.89 Å². The van der Waals surface area contributed by atoms with Gasteiger partial charge in [-0.3, -0.25) is 5.41 Å². The second kappa shape index (κ2) is 10.3. The van der Waals surface area contributed by atoms with Crippen LogP contribution in [0.15, 0.2) is 64.9 Å². The van der Waals surface area contributed by atoms with Gasteiger partial charge in [-0.1, -0.05) is 29.8 Å². The molecule has 0 saturated heterocycles. The van der Waals surface area contributed by atoms with E-state index in [4.69, 9.17) is 19.4 Å². The molecule has 9 heteroatoms. The number of benzene rings is 2. The maximum Gasteiger partial charge on any atom is 0.573 e. The van der Waals surface area contributed by atoms with Gasteiger partial charge in [-0.05, 0) is 49.3 Å². The molecule has 0 atom stereocenters. The van der Waals surface area contributed by atoms with E-state index in [0.717, 1.165) is 10.9 Å². The fourth-order valence-corrected chi connectivity index (χ4v) is 2.28. The highest BCUT2D eigenvalue weighted by molar-refractivity contribution is 5.82. The number of nitrogens with one attached hydrogen (secondary N) is 1. The van der Waals surface area contributed by atoms with Gasteiger partial charge in [0.05, 0.1) is 5.39 Å². The van der Waals surface area contributed by atoms with Crippen LogP contribution in [0.25, 0.3) is 11.0 Å². The molecule has 0 aliphatic carbocycles. The molecule has 0 radical (unpaired) electrons. The van der Waals surface area contributed by atoms with E-state index in [9.17, 15) is 13.2 Å². The van der Waals surface area contributed by atoms with Crippen LogP contribution in [-0.4, -0.2) is 24.0 Å². The molecule has 0 spiro atoms. The highest BCUT2D eigenvalue weighted by atomic mass is 19.4. The van der Waals surface area contributed by atoms with Gasteiger partial charge in [0.1, 0.15) is 18.1 Å². The summed E-state index contributed by atoms with van der Waals surface area (Å²) in [6, 6.07) is 12.8. The van der Waals surface area contributed by atoms with Crippen molar-refractivity contribution < 1.29 is 31.9 Å². The predicted octanol–water partition coefficient (Wildman–Crippen LogP) is 6.02. The Hall–Kier alpha value is -3.49. The Morgan fingerprint density at radius 3 is 2.47 bits per heavy atom. The third kappa shape index (κ3) is 7.86. The monoisotopic (exact) mass is 422 g/mol. The first-order chi connectivity index (χ1) is 14.1. The first-order valence-electron chi connectivity index (χ1n) is 8.83. The minimum atomic E-state index is -4.60. The van der Waals surface area contributed by atoms with Crippen molar-refractivity contribution in [1.82, 2.24) is 5.16 Å². The molecule has 0 fully saturated rings. The summed E-state index contributed by atoms with van der Waals surface area (Å²) in [4.78, 5) is 0. The molecule has 0 bridgehead atoms. The first-order valence-corrected chi connectivity index (χ1v) is 8.83. The highest BCUT2D eigenvalue weighted by Gasteiger charge is 2.30. The van der Waals surface area contributed by atoms with E-state index in [1.807, 2.05) is 25.1 Å². The number of ether oxygens (including phenoxy) is 3. The summed E-state index contributed by atoms with van der Waals surface area (Å²) < 4.78 is 54.0. The fraction of sp³-hybridized carbons (Fsp3) is 0.238. The molecule has 6 nitrogen and oxygen atoms in total. The molecule has 1 aromatic heterocycles. The summed E-state index contributed by atoms with van der Waals surface area (Å²) in [5.41, 5.74) is 1.82. The van der Waals surface area contributed by atoms with Crippen molar-refractivity contribution >= 4 is 16.9 Å². The number of aryl methyl sites for hydroxylation is 1. The molecular formula is C21H21F3N2O4. The number of allylic oxidation sites excluding steroid dienone is 1. The average molecular weight is 422 g/mol. The average Bonchev–Trinajstić information content (AvgIpc) is 3.03. The standard InChI is InChI=1S/C14H16N2O3.C7H5F3O/c1-9-4-5-13-12(8-9)14(16-19-13)17-7-6-10(2)18-11(3)15;8-7(9,10)11-6-4-2-1-3-5-6/h4-6,8,15H,7H2,1-3H3;1-5H/b10-6+,15-11?;. The van der Waals surface area contributed by atoms with E-state index >= 15 is 0 Å². The van der Waals surface area contributed by atoms with Gasteiger partial charge in [-0.25, -0.2) is 0 Å². The van der Waals surface area contributed by atoms with Crippen LogP contribution in [0.2, 0.25) is 0 Å². The topological polar surface area (TPSA) is 77.6 Å². The zero-order valence-electron chi connectivity index (χ0n) is 16.6. The summed E-state index contributed by atoms with van der Waals surface area (Å²) in [5.74, 6) is 1.04. The summed E-state index contributed by atoms with van der Waals surface area (Å²) in [7, 11) is 0. The van der Waals surface area contributed by atoms with Crippen molar-refractivity contribution in [1.29, 1.82) is 5.41 Å². The van der Waals surface area contributed by atoms with E-state index in [1.165, 1.54) is 24.3 Å². The van der Waals surface area contributed by atoms with Gasteiger partial charge >= 0.3 is 6.36 Å². The van der Waals surface area contributed by atoms with Crippen LogP contribution >= 0.6 is 0 Å². The third-order valence-corrected chi connectivity index (χ3v) is 3.47. The summed E-state index contributed by atoms with van der Waals surface area (Å²) in [6.07, 6.45) is -2.85. The Morgan fingerprint density at radius 1 is 1.13 bits per heavy atom. The zero-order chi connectivity index (χ0) is 22.1. The first kappa shape index (κ1) is 22.8. The van der Waals surface area contributed by atoms with Crippen molar-refractivity contribution in [2.45, 2.75) is 27.1 Å². The number of hydrogen-bond donors (Lipinski definition) is 1. The number of halogens is 3. The van der Waals surface area contributed by atoms with Gasteiger partial charge < -0.3 is 18.7 Å². The van der Waals surface area contributed by atoms with E-state index < -0.39 is 6.36 Å². The fourth-order valence-electron chi connectivity index (χ4n) is 2.28. The van der Waals surface area contributed by atoms with Gasteiger partial charge in [-0.15, -0.1) is 13.2 Å². The van der Waals surface area contributed by atoms with E-state index in [-0.39, 0.29) is 11.6 Å². The van der Waals surface area contributed by atoms with Crippen LogP contribution in [0, 0.1) is 12.3 Å². The molecule has 3 aromatic rings. The van der Waals surface area contributed by atoms with Crippen LogP contribution in [-0.2, 0) is 4.74 Å². The van der Waals surface area contributed by atoms with Crippen LogP contribution in [0.5, 0.6) is 11.6 Å². The molecule has 0 saturated carbocycles. The molecule has 1 heterocycles. The van der Waals surface area contributed by atoms with Gasteiger partial charge in [0.25, 0.3) is 5.88 Å². The van der Waals surface area contributed by atoms with Gasteiger partial charge in [0.2, 0.25) is 0 Å². The molecule has 0 aliphatic heterocycles. The number of aromatic nitrogens is 1. The van der Waals surface area contributed by atoms with E-state index in [1.54, 1.807) is 26.0 Å². The Labute approximate surface area is 171 Å². The van der Waals surface area contributed by atoms with Gasteiger partial charge in [-0.2, -0.15) is 0 Å². The molecule has 3 rings (SSSR count). The van der Waals surface area contributed by atoms with Crippen LogP contribution in [0.3, 0.4) is 0 Å². The second-order valence-corrected chi connectivity index (χ2v) is 6.13. The van der Waals surface area contributed by atoms with Crippen LogP contribution < -0.4 is 9.47 Å². The van der Waals surface area contributed by atoms with Crippen molar-refractivity contribution in [3.05, 3.63) is 65.9 Å². The van der Waals surface area contributed by atoms with Crippen LogP contribution in [0.1, 0.15) is 19.4 Å². The summed E-state index contributed by atoms with van der Waals surface area (Å²) >= 11 is 0. The van der Waals surface area contributed by atoms with Crippen molar-refractivity contribution in [3.63, 3.8) is 0 Å².